The number of allylic oxidation sites excluding steroid dienone is 3. The largest absolute Gasteiger partial charge is 0.466 e. The van der Waals surface area contributed by atoms with E-state index in [9.17, 15) is 4.79 Å². The predicted molar refractivity (Wildman–Crippen MR) is 80.5 cm³/mol. The van der Waals surface area contributed by atoms with Crippen LogP contribution in [0.4, 0.5) is 0 Å². The highest BCUT2D eigenvalue weighted by atomic mass is 35.5. The van der Waals surface area contributed by atoms with Gasteiger partial charge in [0.1, 0.15) is 0 Å². The van der Waals surface area contributed by atoms with E-state index in [-0.39, 0.29) is 11.9 Å². The third-order valence-electron chi connectivity index (χ3n) is 3.57. The Bertz CT molecular complexity index is 617. The summed E-state index contributed by atoms with van der Waals surface area (Å²) in [4.78, 5) is 12.1. The Morgan fingerprint density at radius 3 is 2.65 bits per heavy atom. The van der Waals surface area contributed by atoms with E-state index in [1.54, 1.807) is 0 Å². The summed E-state index contributed by atoms with van der Waals surface area (Å²) in [5.74, 6) is -0.453. The first kappa shape index (κ1) is 14.7. The Labute approximate surface area is 124 Å². The Kier molecular flexibility index (Phi) is 4.19. The van der Waals surface area contributed by atoms with Crippen LogP contribution < -0.4 is 5.32 Å². The zero-order valence-electron chi connectivity index (χ0n) is 12.1. The van der Waals surface area contributed by atoms with E-state index < -0.39 is 0 Å². The van der Waals surface area contributed by atoms with Gasteiger partial charge in [0.05, 0.1) is 12.7 Å². The molecule has 20 heavy (non-hydrogen) atoms. The first-order chi connectivity index (χ1) is 9.45. The maximum absolute atomic E-state index is 12.1. The molecule has 0 saturated heterocycles. The van der Waals surface area contributed by atoms with Gasteiger partial charge in [0.15, 0.2) is 0 Å². The second-order valence-corrected chi connectivity index (χ2v) is 5.34. The number of carbonyl (C=O) groups excluding carboxylic acids is 1. The Morgan fingerprint density at radius 2 is 2.00 bits per heavy atom. The summed E-state index contributed by atoms with van der Waals surface area (Å²) in [5, 5.41) is 3.89. The number of methoxy groups -OCH3 is 1. The van der Waals surface area contributed by atoms with E-state index in [1.807, 2.05) is 45.0 Å². The fraction of sp³-hybridized carbons (Fsp3) is 0.312. The van der Waals surface area contributed by atoms with Crippen LogP contribution in [0.25, 0.3) is 0 Å². The Balaban J connectivity index is 2.59. The van der Waals surface area contributed by atoms with Crippen LogP contribution in [0.15, 0.2) is 41.2 Å². The fourth-order valence-electron chi connectivity index (χ4n) is 2.57. The SMILES string of the molecule is COC(=O)C1=C(C)NC(C)=CC1c1cccc(Cl)c1C. The monoisotopic (exact) mass is 291 g/mol. The number of benzene rings is 1. The van der Waals surface area contributed by atoms with E-state index in [4.69, 9.17) is 16.3 Å². The highest BCUT2D eigenvalue weighted by Crippen LogP contribution is 2.36. The maximum Gasteiger partial charge on any atom is 0.336 e. The van der Waals surface area contributed by atoms with E-state index in [0.29, 0.717) is 10.6 Å². The average molecular weight is 292 g/mol. The number of nitrogens with one attached hydrogen (secondary N) is 1. The number of ether oxygens (including phenoxy) is 1. The standard InChI is InChI=1S/C16H18ClNO2/c1-9-8-13(12-6-5-7-14(17)10(12)2)15(11(3)18-9)16(19)20-4/h5-8,13,18H,1-4H3. The molecule has 0 saturated carbocycles. The van der Waals surface area contributed by atoms with Gasteiger partial charge in [-0.05, 0) is 38.0 Å². The van der Waals surface area contributed by atoms with Crippen molar-refractivity contribution in [3.63, 3.8) is 0 Å². The minimum Gasteiger partial charge on any atom is -0.466 e. The van der Waals surface area contributed by atoms with Gasteiger partial charge in [0.25, 0.3) is 0 Å². The summed E-state index contributed by atoms with van der Waals surface area (Å²) in [6.45, 7) is 5.83. The van der Waals surface area contributed by atoms with Crippen molar-refractivity contribution in [2.24, 2.45) is 0 Å². The molecule has 0 aliphatic carbocycles. The molecule has 1 N–H and O–H groups in total. The second-order valence-electron chi connectivity index (χ2n) is 4.94. The molecule has 0 amide bonds. The van der Waals surface area contributed by atoms with Crippen LogP contribution in [-0.2, 0) is 9.53 Å². The average Bonchev–Trinajstić information content (AvgIpc) is 2.40. The van der Waals surface area contributed by atoms with E-state index in [1.165, 1.54) is 7.11 Å². The van der Waals surface area contributed by atoms with Gasteiger partial charge in [-0.3, -0.25) is 0 Å². The number of hydrogen-bond donors (Lipinski definition) is 1. The van der Waals surface area contributed by atoms with Crippen LogP contribution >= 0.6 is 11.6 Å². The molecule has 3 nitrogen and oxygen atoms in total. The molecule has 1 aromatic rings. The van der Waals surface area contributed by atoms with Gasteiger partial charge in [0, 0.05) is 22.3 Å². The number of halogens is 1. The van der Waals surface area contributed by atoms with Crippen molar-refractivity contribution in [2.45, 2.75) is 26.7 Å². The molecule has 1 heterocycles. The summed E-state index contributed by atoms with van der Waals surface area (Å²) in [6.07, 6.45) is 2.03. The first-order valence-corrected chi connectivity index (χ1v) is 6.83. The number of hydrogen-bond acceptors (Lipinski definition) is 3. The van der Waals surface area contributed by atoms with Crippen molar-refractivity contribution in [1.82, 2.24) is 5.32 Å². The summed E-state index contributed by atoms with van der Waals surface area (Å²) < 4.78 is 4.92. The summed E-state index contributed by atoms with van der Waals surface area (Å²) >= 11 is 6.20. The molecule has 0 bridgehead atoms. The number of esters is 1. The van der Waals surface area contributed by atoms with Crippen LogP contribution in [0, 0.1) is 6.92 Å². The minimum atomic E-state index is -0.317. The maximum atomic E-state index is 12.1. The van der Waals surface area contributed by atoms with Crippen LogP contribution in [-0.4, -0.2) is 13.1 Å². The first-order valence-electron chi connectivity index (χ1n) is 6.45. The third kappa shape index (κ3) is 2.59. The van der Waals surface area contributed by atoms with Crippen molar-refractivity contribution in [2.75, 3.05) is 7.11 Å². The lowest BCUT2D eigenvalue weighted by Gasteiger charge is -2.26. The lowest BCUT2D eigenvalue weighted by atomic mass is 9.84. The van der Waals surface area contributed by atoms with Gasteiger partial charge in [-0.15, -0.1) is 0 Å². The summed E-state index contributed by atoms with van der Waals surface area (Å²) in [7, 11) is 1.40. The van der Waals surface area contributed by atoms with Crippen LogP contribution in [0.3, 0.4) is 0 Å². The van der Waals surface area contributed by atoms with Gasteiger partial charge >= 0.3 is 5.97 Å². The van der Waals surface area contributed by atoms with E-state index >= 15 is 0 Å². The zero-order valence-corrected chi connectivity index (χ0v) is 12.8. The number of rotatable bonds is 2. The Hall–Kier alpha value is -1.74. The molecule has 4 heteroatoms. The second kappa shape index (κ2) is 5.71. The molecule has 2 rings (SSSR count). The molecule has 0 spiro atoms. The van der Waals surface area contributed by atoms with Gasteiger partial charge < -0.3 is 10.1 Å². The minimum absolute atomic E-state index is 0.137. The molecule has 0 fully saturated rings. The van der Waals surface area contributed by atoms with Crippen molar-refractivity contribution in [3.8, 4) is 0 Å². The van der Waals surface area contributed by atoms with Crippen molar-refractivity contribution < 1.29 is 9.53 Å². The quantitative estimate of drug-likeness (QED) is 0.845. The van der Waals surface area contributed by atoms with Crippen molar-refractivity contribution >= 4 is 17.6 Å². The Morgan fingerprint density at radius 1 is 1.30 bits per heavy atom. The summed E-state index contributed by atoms with van der Waals surface area (Å²) in [5.41, 5.74) is 4.47. The lowest BCUT2D eigenvalue weighted by molar-refractivity contribution is -0.136. The van der Waals surface area contributed by atoms with Crippen molar-refractivity contribution in [3.05, 3.63) is 57.4 Å². The molecule has 106 valence electrons. The number of carbonyl (C=O) groups is 1. The normalized spacial score (nSPS) is 18.4. The molecular formula is C16H18ClNO2. The summed E-state index contributed by atoms with van der Waals surface area (Å²) in [6, 6.07) is 5.75. The molecule has 1 atom stereocenters. The van der Waals surface area contributed by atoms with Crippen molar-refractivity contribution in [1.29, 1.82) is 0 Å². The van der Waals surface area contributed by atoms with Gasteiger partial charge in [-0.1, -0.05) is 29.8 Å². The van der Waals surface area contributed by atoms with E-state index in [0.717, 1.165) is 22.5 Å². The fourth-order valence-corrected chi connectivity index (χ4v) is 2.75. The molecule has 1 aromatic carbocycles. The topological polar surface area (TPSA) is 38.3 Å². The predicted octanol–water partition coefficient (Wildman–Crippen LogP) is 3.69. The molecule has 0 aromatic heterocycles. The van der Waals surface area contributed by atoms with E-state index in [2.05, 4.69) is 5.32 Å². The highest BCUT2D eigenvalue weighted by molar-refractivity contribution is 6.31. The van der Waals surface area contributed by atoms with Gasteiger partial charge in [0.2, 0.25) is 0 Å². The number of dihydropyridines is 1. The molecule has 0 radical (unpaired) electrons. The molecule has 1 unspecified atom stereocenters. The molecule has 1 aliphatic heterocycles. The van der Waals surface area contributed by atoms with Crippen LogP contribution in [0.1, 0.15) is 30.9 Å². The van der Waals surface area contributed by atoms with Gasteiger partial charge in [-0.2, -0.15) is 0 Å². The van der Waals surface area contributed by atoms with Gasteiger partial charge in [-0.25, -0.2) is 4.79 Å². The van der Waals surface area contributed by atoms with Crippen LogP contribution in [0.5, 0.6) is 0 Å². The lowest BCUT2D eigenvalue weighted by Crippen LogP contribution is -2.25. The molecular weight excluding hydrogens is 274 g/mol. The highest BCUT2D eigenvalue weighted by Gasteiger charge is 2.28. The zero-order chi connectivity index (χ0) is 14.9. The van der Waals surface area contributed by atoms with Crippen LogP contribution in [0.2, 0.25) is 5.02 Å². The molecule has 1 aliphatic rings. The third-order valence-corrected chi connectivity index (χ3v) is 3.98. The smallest absolute Gasteiger partial charge is 0.336 e.